The third-order valence-corrected chi connectivity index (χ3v) is 2.99. The van der Waals surface area contributed by atoms with Crippen molar-refractivity contribution in [3.8, 4) is 0 Å². The number of aromatic nitrogens is 1. The Kier molecular flexibility index (Phi) is 4.09. The molecule has 0 aliphatic carbocycles. The van der Waals surface area contributed by atoms with Crippen molar-refractivity contribution in [3.63, 3.8) is 0 Å². The van der Waals surface area contributed by atoms with Gasteiger partial charge >= 0.3 is 6.03 Å². The fraction of sp³-hybridized carbons (Fsp3) is 0.0833. The Labute approximate surface area is 113 Å². The molecule has 0 spiro atoms. The van der Waals surface area contributed by atoms with Crippen molar-refractivity contribution in [2.75, 3.05) is 5.32 Å². The summed E-state index contributed by atoms with van der Waals surface area (Å²) in [6.07, 6.45) is 0. The predicted octanol–water partition coefficient (Wildman–Crippen LogP) is 0.828. The zero-order valence-electron chi connectivity index (χ0n) is 9.75. The number of carbonyl (C=O) groups excluding carboxylic acids is 2. The number of aromatic carboxylic acids is 1. The number of rotatable bonds is 4. The van der Waals surface area contributed by atoms with Crippen LogP contribution in [0.15, 0.2) is 35.7 Å². The van der Waals surface area contributed by atoms with E-state index in [9.17, 15) is 14.7 Å². The highest BCUT2D eigenvalue weighted by Gasteiger charge is 2.06. The van der Waals surface area contributed by atoms with Gasteiger partial charge in [0.05, 0.1) is 11.7 Å². The molecule has 0 atom stereocenters. The Morgan fingerprint density at radius 3 is 2.63 bits per heavy atom. The summed E-state index contributed by atoms with van der Waals surface area (Å²) < 4.78 is 0. The average molecular weight is 276 g/mol. The number of hydrogen-bond acceptors (Lipinski definition) is 5. The summed E-state index contributed by atoms with van der Waals surface area (Å²) in [7, 11) is 0. The van der Waals surface area contributed by atoms with Gasteiger partial charge in [-0.3, -0.25) is 5.32 Å². The van der Waals surface area contributed by atoms with E-state index in [0.29, 0.717) is 6.54 Å². The van der Waals surface area contributed by atoms with Crippen LogP contribution >= 0.6 is 11.3 Å². The molecule has 0 aliphatic rings. The van der Waals surface area contributed by atoms with Gasteiger partial charge in [0.25, 0.3) is 0 Å². The maximum Gasteiger partial charge on any atom is 0.321 e. The number of carbonyl (C=O) groups is 2. The summed E-state index contributed by atoms with van der Waals surface area (Å²) in [5, 5.41) is 17.1. The van der Waals surface area contributed by atoms with Crippen LogP contribution in [0.5, 0.6) is 0 Å². The number of nitrogens with one attached hydrogen (secondary N) is 2. The molecule has 0 unspecified atom stereocenters. The highest BCUT2D eigenvalue weighted by atomic mass is 32.1. The Hall–Kier alpha value is -2.41. The van der Waals surface area contributed by atoms with E-state index in [-0.39, 0.29) is 10.8 Å². The first-order valence-electron chi connectivity index (χ1n) is 5.41. The maximum atomic E-state index is 11.5. The smallest absolute Gasteiger partial charge is 0.321 e. The first-order chi connectivity index (χ1) is 9.15. The number of carboxylic acids is 1. The number of amides is 2. The lowest BCUT2D eigenvalue weighted by molar-refractivity contribution is -0.255. The summed E-state index contributed by atoms with van der Waals surface area (Å²) in [6, 6.07) is 8.98. The number of carboxylic acid groups (broad SMARTS) is 1. The minimum Gasteiger partial charge on any atom is -0.543 e. The monoisotopic (exact) mass is 276 g/mol. The fourth-order valence-corrected chi connectivity index (χ4v) is 2.02. The van der Waals surface area contributed by atoms with Crippen LogP contribution in [0.25, 0.3) is 0 Å². The van der Waals surface area contributed by atoms with Gasteiger partial charge in [-0.15, -0.1) is 11.3 Å². The number of urea groups is 1. The van der Waals surface area contributed by atoms with Crippen molar-refractivity contribution >= 4 is 28.5 Å². The summed E-state index contributed by atoms with van der Waals surface area (Å²) in [5.74, 6) is -1.37. The second-order valence-corrected chi connectivity index (χ2v) is 4.48. The SMILES string of the molecule is O=C(NCc1ccccc1)Nc1nc(C(=O)[O-])cs1. The number of thiazole rings is 1. The van der Waals surface area contributed by atoms with Gasteiger partial charge < -0.3 is 15.2 Å². The van der Waals surface area contributed by atoms with E-state index < -0.39 is 12.0 Å². The number of anilines is 1. The molecule has 2 amide bonds. The van der Waals surface area contributed by atoms with E-state index in [1.165, 1.54) is 5.38 Å². The van der Waals surface area contributed by atoms with Crippen molar-refractivity contribution in [3.05, 3.63) is 47.0 Å². The predicted molar refractivity (Wildman–Crippen MR) is 68.7 cm³/mol. The van der Waals surface area contributed by atoms with E-state index in [0.717, 1.165) is 16.9 Å². The van der Waals surface area contributed by atoms with E-state index in [1.807, 2.05) is 30.3 Å². The number of nitrogens with zero attached hydrogens (tertiary/aromatic N) is 1. The second-order valence-electron chi connectivity index (χ2n) is 3.62. The maximum absolute atomic E-state index is 11.5. The molecule has 2 rings (SSSR count). The molecule has 1 aromatic heterocycles. The first kappa shape index (κ1) is 13.0. The van der Waals surface area contributed by atoms with Crippen molar-refractivity contribution in [1.29, 1.82) is 0 Å². The molecule has 0 saturated carbocycles. The molecule has 0 saturated heterocycles. The molecule has 98 valence electrons. The van der Waals surface area contributed by atoms with E-state index in [4.69, 9.17) is 0 Å². The van der Waals surface area contributed by atoms with Gasteiger partial charge in [-0.25, -0.2) is 9.78 Å². The van der Waals surface area contributed by atoms with Crippen LogP contribution in [0.3, 0.4) is 0 Å². The molecular formula is C12H10N3O3S-. The molecule has 7 heteroatoms. The third kappa shape index (κ3) is 3.78. The van der Waals surface area contributed by atoms with Gasteiger partial charge in [0, 0.05) is 11.9 Å². The minimum absolute atomic E-state index is 0.191. The Bertz CT molecular complexity index is 583. The van der Waals surface area contributed by atoms with Crippen molar-refractivity contribution in [2.45, 2.75) is 6.54 Å². The molecule has 1 aromatic carbocycles. The van der Waals surface area contributed by atoms with E-state index >= 15 is 0 Å². The van der Waals surface area contributed by atoms with Gasteiger partial charge in [-0.1, -0.05) is 30.3 Å². The molecule has 0 radical (unpaired) electrons. The van der Waals surface area contributed by atoms with Crippen LogP contribution < -0.4 is 15.7 Å². The summed E-state index contributed by atoms with van der Waals surface area (Å²) in [5.41, 5.74) is 0.774. The number of benzene rings is 1. The molecule has 0 fully saturated rings. The lowest BCUT2D eigenvalue weighted by atomic mass is 10.2. The molecule has 19 heavy (non-hydrogen) atoms. The Morgan fingerprint density at radius 1 is 1.26 bits per heavy atom. The minimum atomic E-state index is -1.37. The van der Waals surface area contributed by atoms with Crippen LogP contribution in [0.2, 0.25) is 0 Å². The molecule has 0 bridgehead atoms. The van der Waals surface area contributed by atoms with Gasteiger partial charge in [-0.05, 0) is 5.56 Å². The van der Waals surface area contributed by atoms with Gasteiger partial charge in [-0.2, -0.15) is 0 Å². The fourth-order valence-electron chi connectivity index (χ4n) is 1.34. The quantitative estimate of drug-likeness (QED) is 0.864. The highest BCUT2D eigenvalue weighted by Crippen LogP contribution is 2.14. The lowest BCUT2D eigenvalue weighted by Gasteiger charge is -2.05. The normalized spacial score (nSPS) is 9.89. The molecule has 2 aromatic rings. The number of hydrogen-bond donors (Lipinski definition) is 2. The topological polar surface area (TPSA) is 94.2 Å². The van der Waals surface area contributed by atoms with Crippen LogP contribution in [0.1, 0.15) is 16.1 Å². The zero-order valence-corrected chi connectivity index (χ0v) is 10.6. The summed E-state index contributed by atoms with van der Waals surface area (Å²) >= 11 is 1.02. The first-order valence-corrected chi connectivity index (χ1v) is 6.29. The van der Waals surface area contributed by atoms with Crippen LogP contribution in [-0.2, 0) is 6.54 Å². The van der Waals surface area contributed by atoms with Crippen LogP contribution in [0, 0.1) is 0 Å². The standard InChI is InChI=1S/C12H11N3O3S/c16-10(17)9-7-19-12(14-9)15-11(18)13-6-8-4-2-1-3-5-8/h1-5,7H,6H2,(H,16,17)(H2,13,14,15,18)/p-1. The lowest BCUT2D eigenvalue weighted by Crippen LogP contribution is -2.28. The van der Waals surface area contributed by atoms with E-state index in [1.54, 1.807) is 0 Å². The van der Waals surface area contributed by atoms with Crippen molar-refractivity contribution < 1.29 is 14.7 Å². The molecule has 0 aliphatic heterocycles. The molecule has 1 heterocycles. The Morgan fingerprint density at radius 2 is 2.00 bits per heavy atom. The molecule has 2 N–H and O–H groups in total. The largest absolute Gasteiger partial charge is 0.543 e. The summed E-state index contributed by atoms with van der Waals surface area (Å²) in [4.78, 5) is 25.8. The van der Waals surface area contributed by atoms with Gasteiger partial charge in [0.15, 0.2) is 5.13 Å². The Balaban J connectivity index is 1.85. The van der Waals surface area contributed by atoms with Crippen LogP contribution in [0.4, 0.5) is 9.93 Å². The van der Waals surface area contributed by atoms with Gasteiger partial charge in [0.1, 0.15) is 0 Å². The average Bonchev–Trinajstić information content (AvgIpc) is 2.86. The highest BCUT2D eigenvalue weighted by molar-refractivity contribution is 7.14. The molecular weight excluding hydrogens is 266 g/mol. The van der Waals surface area contributed by atoms with Gasteiger partial charge in [0.2, 0.25) is 0 Å². The van der Waals surface area contributed by atoms with Crippen LogP contribution in [-0.4, -0.2) is 17.0 Å². The van der Waals surface area contributed by atoms with Crippen molar-refractivity contribution in [2.24, 2.45) is 0 Å². The molecule has 6 nitrogen and oxygen atoms in total. The second kappa shape index (κ2) is 5.96. The zero-order chi connectivity index (χ0) is 13.7. The third-order valence-electron chi connectivity index (χ3n) is 2.23. The van der Waals surface area contributed by atoms with Crippen molar-refractivity contribution in [1.82, 2.24) is 10.3 Å². The summed E-state index contributed by atoms with van der Waals surface area (Å²) in [6.45, 7) is 0.380. The van der Waals surface area contributed by atoms with E-state index in [2.05, 4.69) is 15.6 Å².